The molecule has 10 heteroatoms. The van der Waals surface area contributed by atoms with Gasteiger partial charge in [0.1, 0.15) is 12.0 Å². The van der Waals surface area contributed by atoms with Crippen LogP contribution in [0.4, 0.5) is 13.2 Å². The summed E-state index contributed by atoms with van der Waals surface area (Å²) in [6.07, 6.45) is 0.235. The summed E-state index contributed by atoms with van der Waals surface area (Å²) in [5.41, 5.74) is 0.157. The Morgan fingerprint density at radius 2 is 2.14 bits per heavy atom. The predicted octanol–water partition coefficient (Wildman–Crippen LogP) is 3.67. The first-order chi connectivity index (χ1) is 13.8. The van der Waals surface area contributed by atoms with Crippen LogP contribution in [-0.4, -0.2) is 32.1 Å². The van der Waals surface area contributed by atoms with E-state index in [4.69, 9.17) is 9.15 Å². The van der Waals surface area contributed by atoms with Crippen molar-refractivity contribution >= 4 is 5.91 Å². The van der Waals surface area contributed by atoms with Crippen LogP contribution in [0.1, 0.15) is 34.4 Å². The number of hydrogen-bond acceptors (Lipinski definition) is 5. The van der Waals surface area contributed by atoms with Crippen LogP contribution in [0.3, 0.4) is 0 Å². The highest BCUT2D eigenvalue weighted by molar-refractivity contribution is 5.91. The molecule has 0 saturated carbocycles. The number of carbonyl (C=O) groups excluding carboxylic acids is 1. The fourth-order valence-corrected chi connectivity index (χ4v) is 2.65. The summed E-state index contributed by atoms with van der Waals surface area (Å²) in [5, 5.41) is 4.07. The number of hydrogen-bond donors (Lipinski definition) is 0. The van der Waals surface area contributed by atoms with Crippen LogP contribution >= 0.6 is 0 Å². The minimum absolute atomic E-state index is 0.0256. The first-order valence-electron chi connectivity index (χ1n) is 8.77. The number of carbonyl (C=O) groups is 1. The molecule has 29 heavy (non-hydrogen) atoms. The van der Waals surface area contributed by atoms with Crippen LogP contribution in [0.15, 0.2) is 47.3 Å². The normalized spacial score (nSPS) is 11.5. The Labute approximate surface area is 164 Å². The Morgan fingerprint density at radius 1 is 1.34 bits per heavy atom. The molecule has 1 aromatic carbocycles. The third-order valence-corrected chi connectivity index (χ3v) is 4.10. The highest BCUT2D eigenvalue weighted by Gasteiger charge is 2.30. The Morgan fingerprint density at radius 3 is 2.79 bits per heavy atom. The second kappa shape index (κ2) is 8.38. The molecule has 3 rings (SSSR count). The lowest BCUT2D eigenvalue weighted by atomic mass is 10.2. The zero-order valence-electron chi connectivity index (χ0n) is 15.8. The molecular formula is C19H19F3N4O3. The third kappa shape index (κ3) is 5.15. The molecule has 0 N–H and O–H groups in total. The maximum Gasteiger partial charge on any atom is 0.416 e. The molecule has 0 spiro atoms. The van der Waals surface area contributed by atoms with Crippen LogP contribution in [0.2, 0.25) is 0 Å². The minimum atomic E-state index is -4.46. The van der Waals surface area contributed by atoms with E-state index in [-0.39, 0.29) is 29.8 Å². The lowest BCUT2D eigenvalue weighted by Crippen LogP contribution is -2.30. The van der Waals surface area contributed by atoms with E-state index in [1.807, 2.05) is 13.1 Å². The number of halogens is 3. The number of aryl methyl sites for hydroxylation is 1. The summed E-state index contributed by atoms with van der Waals surface area (Å²) in [6, 6.07) is 4.50. The van der Waals surface area contributed by atoms with Crippen molar-refractivity contribution in [1.29, 1.82) is 0 Å². The summed E-state index contributed by atoms with van der Waals surface area (Å²) in [5.74, 6) is -0.216. The lowest BCUT2D eigenvalue weighted by molar-refractivity contribution is -0.137. The van der Waals surface area contributed by atoms with Crippen molar-refractivity contribution in [2.24, 2.45) is 7.05 Å². The van der Waals surface area contributed by atoms with Crippen LogP contribution in [0.5, 0.6) is 5.75 Å². The third-order valence-electron chi connectivity index (χ3n) is 4.10. The summed E-state index contributed by atoms with van der Waals surface area (Å²) in [4.78, 5) is 18.3. The van der Waals surface area contributed by atoms with Gasteiger partial charge in [0.25, 0.3) is 5.91 Å². The highest BCUT2D eigenvalue weighted by atomic mass is 19.4. The standard InChI is InChI=1S/C19H19F3N4O3/c1-3-26(10-13-8-23-25(2)9-13)18(27)16-11-29-17(24-16)12-28-15-6-4-5-14(7-15)19(20,21)22/h4-9,11H,3,10,12H2,1-2H3. The largest absolute Gasteiger partial charge is 0.484 e. The van der Waals surface area contributed by atoms with Gasteiger partial charge in [0.15, 0.2) is 12.3 Å². The van der Waals surface area contributed by atoms with Gasteiger partial charge in [-0.25, -0.2) is 4.98 Å². The molecule has 0 saturated heterocycles. The average molecular weight is 408 g/mol. The number of oxazole rings is 1. The molecule has 0 radical (unpaired) electrons. The van der Waals surface area contributed by atoms with Gasteiger partial charge in [0, 0.05) is 31.9 Å². The zero-order chi connectivity index (χ0) is 21.0. The maximum absolute atomic E-state index is 12.8. The molecule has 0 aliphatic rings. The monoisotopic (exact) mass is 408 g/mol. The summed E-state index contributed by atoms with van der Waals surface area (Å²) in [6.45, 7) is 2.46. The van der Waals surface area contributed by atoms with E-state index < -0.39 is 11.7 Å². The first kappa shape index (κ1) is 20.4. The minimum Gasteiger partial charge on any atom is -0.484 e. The Bertz CT molecular complexity index is 981. The number of rotatable bonds is 7. The van der Waals surface area contributed by atoms with Crippen molar-refractivity contribution in [3.63, 3.8) is 0 Å². The van der Waals surface area contributed by atoms with Gasteiger partial charge < -0.3 is 14.1 Å². The van der Waals surface area contributed by atoms with Crippen LogP contribution < -0.4 is 4.74 Å². The van der Waals surface area contributed by atoms with Gasteiger partial charge in [-0.2, -0.15) is 18.3 Å². The van der Waals surface area contributed by atoms with Gasteiger partial charge in [-0.3, -0.25) is 9.48 Å². The molecule has 7 nitrogen and oxygen atoms in total. The molecule has 0 atom stereocenters. The topological polar surface area (TPSA) is 73.4 Å². The van der Waals surface area contributed by atoms with Crippen molar-refractivity contribution in [2.45, 2.75) is 26.3 Å². The molecule has 0 unspecified atom stereocenters. The fraction of sp³-hybridized carbons (Fsp3) is 0.316. The van der Waals surface area contributed by atoms with Gasteiger partial charge >= 0.3 is 6.18 Å². The van der Waals surface area contributed by atoms with Crippen LogP contribution in [0, 0.1) is 0 Å². The molecule has 3 aromatic rings. The van der Waals surface area contributed by atoms with Gasteiger partial charge in [-0.05, 0) is 25.1 Å². The van der Waals surface area contributed by atoms with E-state index in [1.165, 1.54) is 18.4 Å². The smallest absolute Gasteiger partial charge is 0.416 e. The molecule has 0 bridgehead atoms. The second-order valence-electron chi connectivity index (χ2n) is 6.28. The van der Waals surface area contributed by atoms with E-state index in [1.54, 1.807) is 22.8 Å². The molecular weight excluding hydrogens is 389 g/mol. The molecule has 0 fully saturated rings. The maximum atomic E-state index is 12.8. The first-order valence-corrected chi connectivity index (χ1v) is 8.77. The fourth-order valence-electron chi connectivity index (χ4n) is 2.65. The van der Waals surface area contributed by atoms with Crippen molar-refractivity contribution in [3.05, 3.63) is 65.6 Å². The molecule has 154 valence electrons. The zero-order valence-corrected chi connectivity index (χ0v) is 15.8. The average Bonchev–Trinajstić information content (AvgIpc) is 3.32. The number of alkyl halides is 3. The van der Waals surface area contributed by atoms with Crippen LogP contribution in [-0.2, 0) is 26.4 Å². The Hall–Kier alpha value is -3.30. The molecule has 0 aliphatic heterocycles. The second-order valence-corrected chi connectivity index (χ2v) is 6.28. The number of benzene rings is 1. The quantitative estimate of drug-likeness (QED) is 0.597. The predicted molar refractivity (Wildman–Crippen MR) is 95.9 cm³/mol. The molecule has 2 heterocycles. The van der Waals surface area contributed by atoms with Gasteiger partial charge in [0.2, 0.25) is 5.89 Å². The van der Waals surface area contributed by atoms with Gasteiger partial charge in [-0.15, -0.1) is 0 Å². The number of ether oxygens (including phenoxy) is 1. The van der Waals surface area contributed by atoms with Crippen molar-refractivity contribution in [3.8, 4) is 5.75 Å². The Balaban J connectivity index is 1.63. The van der Waals surface area contributed by atoms with E-state index in [9.17, 15) is 18.0 Å². The summed E-state index contributed by atoms with van der Waals surface area (Å²) >= 11 is 0. The van der Waals surface area contributed by atoms with E-state index in [2.05, 4.69) is 10.1 Å². The summed E-state index contributed by atoms with van der Waals surface area (Å²) in [7, 11) is 1.79. The van der Waals surface area contributed by atoms with Crippen molar-refractivity contribution in [1.82, 2.24) is 19.7 Å². The molecule has 0 aliphatic carbocycles. The van der Waals surface area contributed by atoms with Crippen LogP contribution in [0.25, 0.3) is 0 Å². The number of amides is 1. The van der Waals surface area contributed by atoms with E-state index >= 15 is 0 Å². The van der Waals surface area contributed by atoms with E-state index in [0.29, 0.717) is 13.1 Å². The summed E-state index contributed by atoms with van der Waals surface area (Å²) < 4.78 is 50.5. The number of nitrogens with zero attached hydrogens (tertiary/aromatic N) is 4. The SMILES string of the molecule is CCN(Cc1cnn(C)c1)C(=O)c1coc(COc2cccc(C(F)(F)F)c2)n1. The van der Waals surface area contributed by atoms with Crippen molar-refractivity contribution in [2.75, 3.05) is 6.54 Å². The van der Waals surface area contributed by atoms with E-state index in [0.717, 1.165) is 17.7 Å². The van der Waals surface area contributed by atoms with Crippen molar-refractivity contribution < 1.29 is 27.1 Å². The lowest BCUT2D eigenvalue weighted by Gasteiger charge is -2.18. The number of aromatic nitrogens is 3. The molecule has 2 aromatic heterocycles. The highest BCUT2D eigenvalue weighted by Crippen LogP contribution is 2.31. The Kier molecular flexibility index (Phi) is 5.90. The van der Waals surface area contributed by atoms with Gasteiger partial charge in [-0.1, -0.05) is 6.07 Å². The molecule has 1 amide bonds. The van der Waals surface area contributed by atoms with Gasteiger partial charge in [0.05, 0.1) is 11.8 Å².